The number of hydrogen-bond donors (Lipinski definition) is 0. The molecule has 0 aromatic heterocycles. The highest BCUT2D eigenvalue weighted by molar-refractivity contribution is 7.11. The molecule has 0 radical (unpaired) electrons. The van der Waals surface area contributed by atoms with Crippen LogP contribution in [0, 0.1) is 0 Å². The van der Waals surface area contributed by atoms with Crippen LogP contribution in [0.15, 0.2) is 0 Å². The molecule has 0 aliphatic rings. The first-order chi connectivity index (χ1) is 3.31. The molecule has 0 spiro atoms. The molecule has 0 bridgehead atoms. The molecule has 0 aromatic carbocycles. The summed E-state index contributed by atoms with van der Waals surface area (Å²) in [5.41, 5.74) is 0. The van der Waals surface area contributed by atoms with Crippen LogP contribution in [0.4, 0.5) is 0 Å². The summed E-state index contributed by atoms with van der Waals surface area (Å²) in [7, 11) is 1.93. The maximum Gasteiger partial charge on any atom is 0.0205 e. The summed E-state index contributed by atoms with van der Waals surface area (Å²) in [6, 6.07) is 3.24. The van der Waals surface area contributed by atoms with Crippen LogP contribution in [0.3, 0.4) is 0 Å². The van der Waals surface area contributed by atoms with Gasteiger partial charge in [0.1, 0.15) is 0 Å². The first-order valence-corrected chi connectivity index (χ1v) is 11.4. The summed E-state index contributed by atoms with van der Waals surface area (Å²) in [6.07, 6.45) is 0. The van der Waals surface area contributed by atoms with Gasteiger partial charge in [0, 0.05) is 27.6 Å². The molecule has 0 fully saturated rings. The van der Waals surface area contributed by atoms with Gasteiger partial charge in [-0.1, -0.05) is 25.2 Å². The van der Waals surface area contributed by atoms with Crippen molar-refractivity contribution in [1.29, 1.82) is 0 Å². The van der Waals surface area contributed by atoms with Gasteiger partial charge in [-0.25, -0.2) is 0 Å². The quantitative estimate of drug-likeness (QED) is 0.466. The first kappa shape index (κ1) is 7.65. The van der Waals surface area contributed by atoms with Gasteiger partial charge in [0.2, 0.25) is 0 Å². The van der Waals surface area contributed by atoms with Gasteiger partial charge in [0.05, 0.1) is 0 Å². The zero-order valence-corrected chi connectivity index (χ0v) is 10.3. The van der Waals surface area contributed by atoms with Crippen LogP contribution < -0.4 is 0 Å². The summed E-state index contributed by atoms with van der Waals surface area (Å²) in [6.45, 7) is 5.00. The van der Waals surface area contributed by atoms with Crippen LogP contribution in [0.1, 0.15) is 0 Å². The second kappa shape index (κ2) is 4.80. The SMILES string of the molecule is C[SiH2][SiH](C)CC[SiH3]. The lowest BCUT2D eigenvalue weighted by Crippen LogP contribution is -2.13. The van der Waals surface area contributed by atoms with Crippen LogP contribution in [-0.2, 0) is 0 Å². The van der Waals surface area contributed by atoms with Crippen molar-refractivity contribution in [3.63, 3.8) is 0 Å². The molecule has 0 heterocycles. The zero-order chi connectivity index (χ0) is 5.70. The van der Waals surface area contributed by atoms with E-state index in [4.69, 9.17) is 0 Å². The largest absolute Gasteiger partial charge is 0.0769 e. The molecule has 0 rings (SSSR count). The molecule has 1 unspecified atom stereocenters. The Morgan fingerprint density at radius 3 is 2.43 bits per heavy atom. The van der Waals surface area contributed by atoms with E-state index in [1.54, 1.807) is 12.1 Å². The van der Waals surface area contributed by atoms with E-state index in [2.05, 4.69) is 13.1 Å². The van der Waals surface area contributed by atoms with Gasteiger partial charge in [-0.15, -0.1) is 0 Å². The molecule has 3 heteroatoms. The van der Waals surface area contributed by atoms with Gasteiger partial charge in [-0.3, -0.25) is 0 Å². The van der Waals surface area contributed by atoms with E-state index in [0.29, 0.717) is 9.04 Å². The smallest absolute Gasteiger partial charge is 0.0205 e. The van der Waals surface area contributed by atoms with Crippen LogP contribution >= 0.6 is 0 Å². The normalized spacial score (nSPS) is 16.3. The van der Waals surface area contributed by atoms with E-state index in [1.807, 2.05) is 0 Å². The van der Waals surface area contributed by atoms with E-state index < -0.39 is 0 Å². The maximum atomic E-state index is 2.53. The van der Waals surface area contributed by atoms with Crippen molar-refractivity contribution in [3.05, 3.63) is 0 Å². The first-order valence-electron chi connectivity index (χ1n) is 3.31. The highest BCUT2D eigenvalue weighted by Gasteiger charge is 1.95. The third-order valence-electron chi connectivity index (χ3n) is 1.48. The number of hydrogen-bond acceptors (Lipinski definition) is 0. The zero-order valence-electron chi connectivity index (χ0n) is 5.70. The van der Waals surface area contributed by atoms with Crippen molar-refractivity contribution >= 4 is 27.6 Å². The van der Waals surface area contributed by atoms with Crippen molar-refractivity contribution < 1.29 is 0 Å². The van der Waals surface area contributed by atoms with Crippen molar-refractivity contribution in [2.24, 2.45) is 0 Å². The van der Waals surface area contributed by atoms with Gasteiger partial charge in [0.25, 0.3) is 0 Å². The van der Waals surface area contributed by atoms with Crippen LogP contribution in [0.5, 0.6) is 0 Å². The Balaban J connectivity index is 2.83. The van der Waals surface area contributed by atoms with E-state index in [0.717, 1.165) is 0 Å². The van der Waals surface area contributed by atoms with Gasteiger partial charge in [-0.2, -0.15) is 0 Å². The Hall–Kier alpha value is 0.651. The third-order valence-corrected chi connectivity index (χ3v) is 11.6. The highest BCUT2D eigenvalue weighted by atomic mass is 29.2. The summed E-state index contributed by atoms with van der Waals surface area (Å²) < 4.78 is 0. The maximum absolute atomic E-state index is 2.53. The highest BCUT2D eigenvalue weighted by Crippen LogP contribution is 1.91. The van der Waals surface area contributed by atoms with Crippen molar-refractivity contribution in [1.82, 2.24) is 0 Å². The minimum Gasteiger partial charge on any atom is -0.0769 e. The Morgan fingerprint density at radius 2 is 2.29 bits per heavy atom. The lowest BCUT2D eigenvalue weighted by Gasteiger charge is -1.99. The van der Waals surface area contributed by atoms with Crippen LogP contribution in [0.2, 0.25) is 25.2 Å². The average molecular weight is 148 g/mol. The minimum atomic E-state index is -0.00772. The van der Waals surface area contributed by atoms with E-state index in [1.165, 1.54) is 10.2 Å². The summed E-state index contributed by atoms with van der Waals surface area (Å²) >= 11 is 0. The van der Waals surface area contributed by atoms with Gasteiger partial charge < -0.3 is 0 Å². The van der Waals surface area contributed by atoms with E-state index in [-0.39, 0.29) is 8.31 Å². The van der Waals surface area contributed by atoms with Gasteiger partial charge in [-0.05, 0) is 0 Å². The Kier molecular flexibility index (Phi) is 5.25. The van der Waals surface area contributed by atoms with E-state index >= 15 is 0 Å². The van der Waals surface area contributed by atoms with Crippen LogP contribution in [-0.4, -0.2) is 27.6 Å². The predicted octanol–water partition coefficient (Wildman–Crippen LogP) is -0.659. The molecule has 0 aliphatic heterocycles. The summed E-state index contributed by atoms with van der Waals surface area (Å²) in [4.78, 5) is 0. The molecule has 7 heavy (non-hydrogen) atoms. The topological polar surface area (TPSA) is 0 Å². The molecule has 0 amide bonds. The Bertz CT molecular complexity index is 37.9. The second-order valence-electron chi connectivity index (χ2n) is 2.30. The molecule has 0 saturated heterocycles. The lowest BCUT2D eigenvalue weighted by atomic mass is 11.0. The predicted molar refractivity (Wildman–Crippen MR) is 47.0 cm³/mol. The lowest BCUT2D eigenvalue weighted by molar-refractivity contribution is 1.42. The van der Waals surface area contributed by atoms with Crippen molar-refractivity contribution in [2.75, 3.05) is 0 Å². The Morgan fingerprint density at radius 1 is 1.71 bits per heavy atom. The van der Waals surface area contributed by atoms with Crippen molar-refractivity contribution in [3.8, 4) is 0 Å². The molecule has 0 N–H and O–H groups in total. The molecule has 0 nitrogen and oxygen atoms in total. The second-order valence-corrected chi connectivity index (χ2v) is 13.5. The molecular weight excluding hydrogens is 132 g/mol. The molecule has 44 valence electrons. The monoisotopic (exact) mass is 148 g/mol. The van der Waals surface area contributed by atoms with Gasteiger partial charge in [0.15, 0.2) is 0 Å². The fourth-order valence-electron chi connectivity index (χ4n) is 0.697. The van der Waals surface area contributed by atoms with Crippen LogP contribution in [0.25, 0.3) is 0 Å². The third kappa shape index (κ3) is 4.50. The molecule has 0 saturated carbocycles. The number of rotatable bonds is 3. The fraction of sp³-hybridized carbons (Fsp3) is 1.00. The average Bonchev–Trinajstić information content (AvgIpc) is 1.68. The molecule has 0 aromatic rings. The minimum absolute atomic E-state index is 0.00772. The van der Waals surface area contributed by atoms with Gasteiger partial charge >= 0.3 is 0 Å². The van der Waals surface area contributed by atoms with Crippen molar-refractivity contribution in [2.45, 2.75) is 25.2 Å². The standard InChI is InChI=1S/C4H16Si3/c1-6-7(2)4-3-5/h7H,3-4,6H2,1-2,5H3. The molecular formula is C4H16Si3. The summed E-state index contributed by atoms with van der Waals surface area (Å²) in [5.74, 6) is 0. The fourth-order valence-corrected chi connectivity index (χ4v) is 9.95. The Labute approximate surface area is 53.3 Å². The molecule has 0 aliphatic carbocycles. The summed E-state index contributed by atoms with van der Waals surface area (Å²) in [5, 5.41) is 0. The molecule has 1 atom stereocenters. The van der Waals surface area contributed by atoms with E-state index in [9.17, 15) is 0 Å².